The number of aryl methyl sites for hydroxylation is 1. The lowest BCUT2D eigenvalue weighted by Gasteiger charge is -2.07. The molecule has 0 radical (unpaired) electrons. The molecule has 0 atom stereocenters. The Labute approximate surface area is 128 Å². The van der Waals surface area contributed by atoms with E-state index in [0.29, 0.717) is 23.0 Å². The van der Waals surface area contributed by atoms with Gasteiger partial charge in [0.2, 0.25) is 0 Å². The average Bonchev–Trinajstić information content (AvgIpc) is 2.96. The van der Waals surface area contributed by atoms with Crippen molar-refractivity contribution in [3.8, 4) is 11.5 Å². The molecule has 116 valence electrons. The zero-order chi connectivity index (χ0) is 15.9. The van der Waals surface area contributed by atoms with E-state index in [2.05, 4.69) is 5.16 Å². The summed E-state index contributed by atoms with van der Waals surface area (Å²) in [6.07, 6.45) is 2.95. The maximum Gasteiger partial charge on any atom is 0.331 e. The van der Waals surface area contributed by atoms with Gasteiger partial charge in [0.1, 0.15) is 29.6 Å². The van der Waals surface area contributed by atoms with Crippen LogP contribution in [0.3, 0.4) is 0 Å². The summed E-state index contributed by atoms with van der Waals surface area (Å²) < 4.78 is 20.3. The molecule has 0 saturated carbocycles. The monoisotopic (exact) mass is 303 g/mol. The summed E-state index contributed by atoms with van der Waals surface area (Å²) in [6, 6.07) is 7.03. The van der Waals surface area contributed by atoms with Gasteiger partial charge in [-0.15, -0.1) is 0 Å². The molecule has 22 heavy (non-hydrogen) atoms. The molecule has 2 rings (SSSR count). The Bertz CT molecular complexity index is 675. The molecule has 0 aliphatic rings. The second-order valence-corrected chi connectivity index (χ2v) is 4.48. The van der Waals surface area contributed by atoms with Gasteiger partial charge in [-0.1, -0.05) is 5.16 Å². The number of carbonyl (C=O) groups is 1. The molecule has 0 aliphatic heterocycles. The van der Waals surface area contributed by atoms with E-state index in [1.807, 2.05) is 0 Å². The second kappa shape index (κ2) is 7.31. The fourth-order valence-electron chi connectivity index (χ4n) is 1.79. The number of hydrogen-bond donors (Lipinski definition) is 0. The van der Waals surface area contributed by atoms with Crippen molar-refractivity contribution in [3.63, 3.8) is 0 Å². The largest absolute Gasteiger partial charge is 0.497 e. The first-order valence-electron chi connectivity index (χ1n) is 6.61. The molecule has 0 amide bonds. The van der Waals surface area contributed by atoms with Gasteiger partial charge in [-0.3, -0.25) is 0 Å². The lowest BCUT2D eigenvalue weighted by Crippen LogP contribution is -2.01. The number of rotatable bonds is 6. The zero-order valence-electron chi connectivity index (χ0n) is 12.7. The van der Waals surface area contributed by atoms with Crippen molar-refractivity contribution < 1.29 is 23.5 Å². The summed E-state index contributed by atoms with van der Waals surface area (Å²) in [5.74, 6) is 1.48. The summed E-state index contributed by atoms with van der Waals surface area (Å²) in [4.78, 5) is 11.7. The lowest BCUT2D eigenvalue weighted by molar-refractivity contribution is -0.139. The number of aromatic nitrogens is 1. The Morgan fingerprint density at radius 2 is 2.09 bits per heavy atom. The van der Waals surface area contributed by atoms with Crippen molar-refractivity contribution in [1.29, 1.82) is 0 Å². The highest BCUT2D eigenvalue weighted by atomic mass is 16.5. The third kappa shape index (κ3) is 4.12. The summed E-state index contributed by atoms with van der Waals surface area (Å²) in [6.45, 7) is 1.84. The van der Waals surface area contributed by atoms with E-state index in [1.165, 1.54) is 6.08 Å². The molecule has 1 heterocycles. The molecule has 0 unspecified atom stereocenters. The van der Waals surface area contributed by atoms with Crippen molar-refractivity contribution in [2.45, 2.75) is 13.5 Å². The Morgan fingerprint density at radius 1 is 1.27 bits per heavy atom. The number of methoxy groups -OCH3 is 2. The molecule has 1 aromatic heterocycles. The normalized spacial score (nSPS) is 10.7. The standard InChI is InChI=1S/C16H17NO5/c1-11-8-13(17-22-11)10-21-16(18)7-5-12-4-6-14(19-2)9-15(12)20-3/h4-9H,10H2,1-3H3/b7-5+. The van der Waals surface area contributed by atoms with E-state index in [-0.39, 0.29) is 6.61 Å². The van der Waals surface area contributed by atoms with Crippen LogP contribution in [0.2, 0.25) is 0 Å². The first-order chi connectivity index (χ1) is 10.6. The van der Waals surface area contributed by atoms with Crippen LogP contribution in [0.5, 0.6) is 11.5 Å². The summed E-state index contributed by atoms with van der Waals surface area (Å²) in [5, 5.41) is 3.74. The number of carbonyl (C=O) groups excluding carboxylic acids is 1. The van der Waals surface area contributed by atoms with Crippen molar-refractivity contribution in [2.24, 2.45) is 0 Å². The Kier molecular flexibility index (Phi) is 5.19. The predicted octanol–water partition coefficient (Wildman–Crippen LogP) is 2.76. The van der Waals surface area contributed by atoms with Gasteiger partial charge < -0.3 is 18.7 Å². The van der Waals surface area contributed by atoms with Gasteiger partial charge in [0.25, 0.3) is 0 Å². The first-order valence-corrected chi connectivity index (χ1v) is 6.61. The van der Waals surface area contributed by atoms with Crippen LogP contribution in [-0.2, 0) is 16.1 Å². The maximum atomic E-state index is 11.7. The van der Waals surface area contributed by atoms with E-state index in [9.17, 15) is 4.79 Å². The molecule has 0 spiro atoms. The van der Waals surface area contributed by atoms with Crippen LogP contribution in [0.25, 0.3) is 6.08 Å². The number of esters is 1. The smallest absolute Gasteiger partial charge is 0.331 e. The van der Waals surface area contributed by atoms with Crippen LogP contribution in [0.15, 0.2) is 34.9 Å². The second-order valence-electron chi connectivity index (χ2n) is 4.48. The van der Waals surface area contributed by atoms with E-state index < -0.39 is 5.97 Å². The number of benzene rings is 1. The Hall–Kier alpha value is -2.76. The zero-order valence-corrected chi connectivity index (χ0v) is 12.7. The van der Waals surface area contributed by atoms with Crippen molar-refractivity contribution in [3.05, 3.63) is 47.4 Å². The van der Waals surface area contributed by atoms with Crippen molar-refractivity contribution >= 4 is 12.0 Å². The third-order valence-electron chi connectivity index (χ3n) is 2.88. The lowest BCUT2D eigenvalue weighted by atomic mass is 10.2. The highest BCUT2D eigenvalue weighted by molar-refractivity contribution is 5.87. The molecule has 6 heteroatoms. The number of ether oxygens (including phenoxy) is 3. The summed E-state index contributed by atoms with van der Waals surface area (Å²) in [7, 11) is 3.13. The van der Waals surface area contributed by atoms with Gasteiger partial charge in [0.15, 0.2) is 0 Å². The summed E-state index contributed by atoms with van der Waals surface area (Å²) in [5.41, 5.74) is 1.32. The molecule has 2 aromatic rings. The Morgan fingerprint density at radius 3 is 2.73 bits per heavy atom. The van der Waals surface area contributed by atoms with E-state index in [4.69, 9.17) is 18.7 Å². The maximum absolute atomic E-state index is 11.7. The third-order valence-corrected chi connectivity index (χ3v) is 2.88. The Balaban J connectivity index is 1.97. The minimum absolute atomic E-state index is 0.0697. The van der Waals surface area contributed by atoms with Crippen LogP contribution in [0.1, 0.15) is 17.0 Å². The van der Waals surface area contributed by atoms with Gasteiger partial charge in [-0.2, -0.15) is 0 Å². The van der Waals surface area contributed by atoms with Gasteiger partial charge in [0.05, 0.1) is 14.2 Å². The fourth-order valence-corrected chi connectivity index (χ4v) is 1.79. The predicted molar refractivity (Wildman–Crippen MR) is 79.6 cm³/mol. The fraction of sp³-hybridized carbons (Fsp3) is 0.250. The first kappa shape index (κ1) is 15.6. The summed E-state index contributed by atoms with van der Waals surface area (Å²) >= 11 is 0. The highest BCUT2D eigenvalue weighted by Gasteiger charge is 2.05. The molecule has 0 fully saturated rings. The van der Waals surface area contributed by atoms with Gasteiger partial charge in [0, 0.05) is 23.8 Å². The molecule has 0 saturated heterocycles. The minimum atomic E-state index is -0.474. The van der Waals surface area contributed by atoms with Crippen molar-refractivity contribution in [1.82, 2.24) is 5.16 Å². The van der Waals surface area contributed by atoms with E-state index >= 15 is 0 Å². The molecule has 6 nitrogen and oxygen atoms in total. The van der Waals surface area contributed by atoms with Gasteiger partial charge >= 0.3 is 5.97 Å². The molecule has 1 aromatic carbocycles. The molecule has 0 bridgehead atoms. The minimum Gasteiger partial charge on any atom is -0.497 e. The van der Waals surface area contributed by atoms with E-state index in [0.717, 1.165) is 5.56 Å². The van der Waals surface area contributed by atoms with Gasteiger partial charge in [-0.05, 0) is 25.1 Å². The van der Waals surface area contributed by atoms with Crippen LogP contribution < -0.4 is 9.47 Å². The quantitative estimate of drug-likeness (QED) is 0.603. The number of hydrogen-bond acceptors (Lipinski definition) is 6. The molecular weight excluding hydrogens is 286 g/mol. The molecular formula is C16H17NO5. The van der Waals surface area contributed by atoms with Crippen LogP contribution >= 0.6 is 0 Å². The molecule has 0 N–H and O–H groups in total. The number of nitrogens with zero attached hydrogens (tertiary/aromatic N) is 1. The van der Waals surface area contributed by atoms with Crippen LogP contribution in [0, 0.1) is 6.92 Å². The highest BCUT2D eigenvalue weighted by Crippen LogP contribution is 2.25. The SMILES string of the molecule is COc1ccc(/C=C/C(=O)OCc2cc(C)on2)c(OC)c1. The van der Waals surface area contributed by atoms with Gasteiger partial charge in [-0.25, -0.2) is 4.79 Å². The topological polar surface area (TPSA) is 70.8 Å². The average molecular weight is 303 g/mol. The molecule has 0 aliphatic carbocycles. The van der Waals surface area contributed by atoms with E-state index in [1.54, 1.807) is 51.5 Å². The van der Waals surface area contributed by atoms with Crippen molar-refractivity contribution in [2.75, 3.05) is 14.2 Å². The van der Waals surface area contributed by atoms with Crippen LogP contribution in [-0.4, -0.2) is 25.3 Å². The van der Waals surface area contributed by atoms with Crippen LogP contribution in [0.4, 0.5) is 0 Å².